The number of benzene rings is 1. The zero-order chi connectivity index (χ0) is 28.4. The number of ether oxygens (including phenoxy) is 5. The molecule has 0 saturated carbocycles. The number of esters is 3. The van der Waals surface area contributed by atoms with Crippen LogP contribution in [0.3, 0.4) is 0 Å². The third kappa shape index (κ3) is 14.2. The molecule has 1 aliphatic rings. The Kier molecular flexibility index (Phi) is 16.5. The molecule has 37 heavy (non-hydrogen) atoms. The van der Waals surface area contributed by atoms with Gasteiger partial charge in [-0.25, -0.2) is 14.4 Å². The molecule has 2 rings (SSSR count). The summed E-state index contributed by atoms with van der Waals surface area (Å²) in [6.45, 7) is 21.8. The van der Waals surface area contributed by atoms with Crippen molar-refractivity contribution in [3.63, 3.8) is 0 Å². The van der Waals surface area contributed by atoms with E-state index in [0.29, 0.717) is 36.4 Å². The highest BCUT2D eigenvalue weighted by molar-refractivity contribution is 5.88. The van der Waals surface area contributed by atoms with Gasteiger partial charge in [0.1, 0.15) is 6.61 Å². The monoisotopic (exact) mass is 518 g/mol. The Morgan fingerprint density at radius 3 is 1.95 bits per heavy atom. The van der Waals surface area contributed by atoms with Gasteiger partial charge < -0.3 is 23.7 Å². The zero-order valence-corrected chi connectivity index (χ0v) is 23.1. The van der Waals surface area contributed by atoms with Crippen LogP contribution in [0.2, 0.25) is 0 Å². The lowest BCUT2D eigenvalue weighted by molar-refractivity contribution is -0.169. The van der Waals surface area contributed by atoms with Crippen molar-refractivity contribution in [3.8, 4) is 0 Å². The molecule has 0 amide bonds. The summed E-state index contributed by atoms with van der Waals surface area (Å²) in [4.78, 5) is 32.9. The van der Waals surface area contributed by atoms with Crippen LogP contribution in [-0.4, -0.2) is 51.1 Å². The molecule has 1 atom stereocenters. The van der Waals surface area contributed by atoms with Crippen molar-refractivity contribution in [2.75, 3.05) is 26.9 Å². The molecule has 1 saturated heterocycles. The second kappa shape index (κ2) is 18.1. The summed E-state index contributed by atoms with van der Waals surface area (Å²) >= 11 is 0. The molecular weight excluding hydrogens is 476 g/mol. The highest BCUT2D eigenvalue weighted by atomic mass is 16.7. The summed E-state index contributed by atoms with van der Waals surface area (Å²) in [5.41, 5.74) is 2.49. The summed E-state index contributed by atoms with van der Waals surface area (Å²) in [5, 5.41) is 0. The van der Waals surface area contributed by atoms with Gasteiger partial charge in [-0.05, 0) is 46.1 Å². The van der Waals surface area contributed by atoms with E-state index in [4.69, 9.17) is 18.9 Å². The van der Waals surface area contributed by atoms with Gasteiger partial charge >= 0.3 is 17.9 Å². The van der Waals surface area contributed by atoms with E-state index in [0.717, 1.165) is 25.2 Å². The average Bonchev–Trinajstić information content (AvgIpc) is 2.85. The Hall–Kier alpha value is -3.23. The van der Waals surface area contributed by atoms with Crippen LogP contribution in [0.1, 0.15) is 53.0 Å². The van der Waals surface area contributed by atoms with Crippen LogP contribution < -0.4 is 0 Å². The molecule has 0 aromatic heterocycles. The van der Waals surface area contributed by atoms with Gasteiger partial charge in [-0.1, -0.05) is 57.0 Å². The van der Waals surface area contributed by atoms with Crippen molar-refractivity contribution >= 4 is 17.9 Å². The first-order valence-electron chi connectivity index (χ1n) is 12.1. The minimum atomic E-state index is -0.482. The largest absolute Gasteiger partial charge is 0.466 e. The number of hydrogen-bond acceptors (Lipinski definition) is 8. The fourth-order valence-electron chi connectivity index (χ4n) is 2.86. The molecule has 1 unspecified atom stereocenters. The van der Waals surface area contributed by atoms with Crippen LogP contribution in [0.4, 0.5) is 0 Å². The quantitative estimate of drug-likeness (QED) is 0.168. The van der Waals surface area contributed by atoms with Gasteiger partial charge in [0.15, 0.2) is 6.29 Å². The Bertz CT molecular complexity index is 894. The van der Waals surface area contributed by atoms with E-state index in [9.17, 15) is 14.4 Å². The molecule has 1 aromatic carbocycles. The zero-order valence-electron chi connectivity index (χ0n) is 23.1. The van der Waals surface area contributed by atoms with E-state index >= 15 is 0 Å². The third-order valence-corrected chi connectivity index (χ3v) is 5.21. The Balaban J connectivity index is 0.000000528. The van der Waals surface area contributed by atoms with Crippen LogP contribution >= 0.6 is 0 Å². The molecular formula is C29H42O8. The van der Waals surface area contributed by atoms with E-state index < -0.39 is 12.3 Å². The SMILES string of the molecule is C=C(C)C(=O)OC(C)OCC.C=C(C)C(=O)OCc1ccccc1.C=C(CC1(CC)COC1)C(=O)OC. The van der Waals surface area contributed by atoms with Crippen LogP contribution in [0.25, 0.3) is 0 Å². The predicted molar refractivity (Wildman–Crippen MR) is 142 cm³/mol. The van der Waals surface area contributed by atoms with Gasteiger partial charge in [0.05, 0.1) is 20.3 Å². The van der Waals surface area contributed by atoms with Crippen LogP contribution in [0.5, 0.6) is 0 Å². The Labute approximate surface area is 221 Å². The first-order valence-corrected chi connectivity index (χ1v) is 12.1. The molecule has 0 bridgehead atoms. The van der Waals surface area contributed by atoms with Gasteiger partial charge in [0.2, 0.25) is 0 Å². The predicted octanol–water partition coefficient (Wildman–Crippen LogP) is 5.33. The van der Waals surface area contributed by atoms with Gasteiger partial charge in [0, 0.05) is 28.7 Å². The lowest BCUT2D eigenvalue weighted by Gasteiger charge is -2.41. The van der Waals surface area contributed by atoms with E-state index in [1.807, 2.05) is 37.3 Å². The molecule has 0 radical (unpaired) electrons. The second-order valence-corrected chi connectivity index (χ2v) is 8.67. The minimum Gasteiger partial charge on any atom is -0.466 e. The van der Waals surface area contributed by atoms with E-state index in [-0.39, 0.29) is 17.4 Å². The fourth-order valence-corrected chi connectivity index (χ4v) is 2.86. The van der Waals surface area contributed by atoms with E-state index in [1.165, 1.54) is 7.11 Å². The van der Waals surface area contributed by atoms with Crippen molar-refractivity contribution < 1.29 is 38.1 Å². The van der Waals surface area contributed by atoms with Crippen molar-refractivity contribution in [1.82, 2.24) is 0 Å². The van der Waals surface area contributed by atoms with Crippen LogP contribution in [-0.2, 0) is 44.7 Å². The minimum absolute atomic E-state index is 0.144. The maximum atomic E-state index is 11.1. The Morgan fingerprint density at radius 1 is 0.973 bits per heavy atom. The molecule has 206 valence electrons. The Morgan fingerprint density at radius 2 is 1.54 bits per heavy atom. The number of rotatable bonds is 11. The highest BCUT2D eigenvalue weighted by Crippen LogP contribution is 2.37. The first-order chi connectivity index (χ1) is 17.4. The summed E-state index contributed by atoms with van der Waals surface area (Å²) < 4.78 is 24.5. The normalized spacial score (nSPS) is 13.6. The summed E-state index contributed by atoms with van der Waals surface area (Å²) in [5.74, 6) is -1.06. The second-order valence-electron chi connectivity index (χ2n) is 8.67. The van der Waals surface area contributed by atoms with Crippen LogP contribution in [0.15, 0.2) is 66.8 Å². The lowest BCUT2D eigenvalue weighted by Crippen LogP contribution is -2.42. The smallest absolute Gasteiger partial charge is 0.335 e. The topological polar surface area (TPSA) is 97.4 Å². The van der Waals surface area contributed by atoms with Crippen molar-refractivity contribution in [2.45, 2.75) is 60.4 Å². The van der Waals surface area contributed by atoms with Crippen molar-refractivity contribution in [1.29, 1.82) is 0 Å². The first kappa shape index (κ1) is 33.8. The number of hydrogen-bond donors (Lipinski definition) is 0. The maximum Gasteiger partial charge on any atom is 0.335 e. The van der Waals surface area contributed by atoms with Crippen molar-refractivity contribution in [2.24, 2.45) is 5.41 Å². The van der Waals surface area contributed by atoms with E-state index in [1.54, 1.807) is 20.8 Å². The van der Waals surface area contributed by atoms with Crippen LogP contribution in [0, 0.1) is 5.41 Å². The molecule has 1 heterocycles. The summed E-state index contributed by atoms with van der Waals surface area (Å²) in [7, 11) is 1.38. The molecule has 8 heteroatoms. The van der Waals surface area contributed by atoms with Gasteiger partial charge in [-0.2, -0.15) is 0 Å². The fraction of sp³-hybridized carbons (Fsp3) is 0.483. The molecule has 0 N–H and O–H groups in total. The number of methoxy groups -OCH3 is 1. The van der Waals surface area contributed by atoms with Gasteiger partial charge in [0.25, 0.3) is 0 Å². The maximum absolute atomic E-state index is 11.1. The molecule has 1 aromatic rings. The average molecular weight is 519 g/mol. The standard InChI is InChI=1S/C11H12O2.C10H16O3.C8H14O3/c1-9(2)11(12)13-8-10-6-4-3-5-7-10;1-4-10(6-13-7-10)5-8(2)9(11)12-3;1-5-10-7(4)11-8(9)6(2)3/h3-7H,1,8H2,2H3;2,4-7H2,1,3H3;7H,2,5H2,1,3-4H3. The number of carbonyl (C=O) groups is 3. The summed E-state index contributed by atoms with van der Waals surface area (Å²) in [6, 6.07) is 9.55. The molecule has 8 nitrogen and oxygen atoms in total. The van der Waals surface area contributed by atoms with Gasteiger partial charge in [-0.15, -0.1) is 0 Å². The van der Waals surface area contributed by atoms with E-state index in [2.05, 4.69) is 31.4 Å². The third-order valence-electron chi connectivity index (χ3n) is 5.21. The lowest BCUT2D eigenvalue weighted by atomic mass is 9.78. The molecule has 1 fully saturated rings. The molecule has 0 aliphatic carbocycles. The number of carbonyl (C=O) groups excluding carboxylic acids is 3. The summed E-state index contributed by atoms with van der Waals surface area (Å²) in [6.07, 6.45) is 1.23. The molecule has 0 spiro atoms. The van der Waals surface area contributed by atoms with Gasteiger partial charge in [-0.3, -0.25) is 0 Å². The van der Waals surface area contributed by atoms with Crippen molar-refractivity contribution in [3.05, 3.63) is 72.4 Å². The molecule has 1 aliphatic heterocycles. The highest BCUT2D eigenvalue weighted by Gasteiger charge is 2.38.